The molecule has 1 fully saturated rings. The van der Waals surface area contributed by atoms with Crippen LogP contribution in [-0.4, -0.2) is 22.1 Å². The lowest BCUT2D eigenvalue weighted by Crippen LogP contribution is -2.45. The van der Waals surface area contributed by atoms with Crippen LogP contribution in [0.5, 0.6) is 11.6 Å². The summed E-state index contributed by atoms with van der Waals surface area (Å²) in [4.78, 5) is 24.3. The van der Waals surface area contributed by atoms with E-state index in [1.807, 2.05) is 0 Å². The summed E-state index contributed by atoms with van der Waals surface area (Å²) in [7, 11) is 0. The third-order valence-electron chi connectivity index (χ3n) is 5.02. The summed E-state index contributed by atoms with van der Waals surface area (Å²) in [5.41, 5.74) is 6.59. The second kappa shape index (κ2) is 7.66. The zero-order valence-corrected chi connectivity index (χ0v) is 17.4. The van der Waals surface area contributed by atoms with Gasteiger partial charge in [0.1, 0.15) is 0 Å². The monoisotopic (exact) mass is 448 g/mol. The van der Waals surface area contributed by atoms with Gasteiger partial charge in [-0.05, 0) is 36.8 Å². The number of nitrogens with two attached hydrogens (primary N) is 1. The molecule has 0 unspecified atom stereocenters. The number of anilines is 1. The Bertz CT molecular complexity index is 1120. The van der Waals surface area contributed by atoms with Crippen LogP contribution in [0.15, 0.2) is 40.4 Å². The maximum atomic E-state index is 12.2. The fraction of sp³-hybridized carbons (Fsp3) is 0.263. The highest BCUT2D eigenvalue weighted by molar-refractivity contribution is 6.37. The van der Waals surface area contributed by atoms with Crippen molar-refractivity contribution in [3.63, 3.8) is 0 Å². The number of H-pyrrole nitrogens is 1. The third kappa shape index (κ3) is 3.73. The summed E-state index contributed by atoms with van der Waals surface area (Å²) < 4.78 is 5.75. The molecule has 30 heavy (non-hydrogen) atoms. The summed E-state index contributed by atoms with van der Waals surface area (Å²) in [6.45, 7) is 5.73. The highest BCUT2D eigenvalue weighted by Gasteiger charge is 2.30. The number of urea groups is 1. The Balaban J connectivity index is 1.62. The number of nitrogens with zero attached hydrogens (tertiary/aromatic N) is 3. The van der Waals surface area contributed by atoms with Gasteiger partial charge in [-0.25, -0.2) is 9.89 Å². The van der Waals surface area contributed by atoms with Gasteiger partial charge in [-0.3, -0.25) is 4.79 Å². The molecule has 1 aliphatic carbocycles. The quantitative estimate of drug-likeness (QED) is 0.656. The van der Waals surface area contributed by atoms with E-state index < -0.39 is 6.03 Å². The highest BCUT2D eigenvalue weighted by atomic mass is 35.5. The summed E-state index contributed by atoms with van der Waals surface area (Å²) in [6.07, 6.45) is 1.88. The number of amidine groups is 1. The predicted octanol–water partition coefficient (Wildman–Crippen LogP) is 3.70. The standard InChI is InChI=1S/C19H18Cl2N6O3/c1-8-3-10(4-8)12-7-15(24-25-18(12)28)30-16-13(20)5-11(6-14(16)21)27-19(29)23-9(2)17(22)26-27/h5-8,10H,2-4H2,1H3,(H2,22,26)(H,23,29)(H,25,28). The molecule has 1 aliphatic heterocycles. The number of hydrogen-bond donors (Lipinski definition) is 3. The predicted molar refractivity (Wildman–Crippen MR) is 114 cm³/mol. The van der Waals surface area contributed by atoms with Gasteiger partial charge in [0.05, 0.1) is 21.4 Å². The van der Waals surface area contributed by atoms with Gasteiger partial charge < -0.3 is 15.8 Å². The molecule has 2 aromatic rings. The first-order chi connectivity index (χ1) is 14.2. The number of rotatable bonds is 4. The lowest BCUT2D eigenvalue weighted by atomic mass is 9.73. The molecule has 1 saturated carbocycles. The molecule has 1 aromatic heterocycles. The lowest BCUT2D eigenvalue weighted by Gasteiger charge is -2.32. The lowest BCUT2D eigenvalue weighted by molar-refractivity contribution is 0.248. The average Bonchev–Trinajstić information content (AvgIpc) is 2.66. The van der Waals surface area contributed by atoms with E-state index in [0.29, 0.717) is 11.5 Å². The van der Waals surface area contributed by atoms with E-state index >= 15 is 0 Å². The van der Waals surface area contributed by atoms with Gasteiger partial charge in [0.25, 0.3) is 5.56 Å². The van der Waals surface area contributed by atoms with Crippen molar-refractivity contribution in [2.24, 2.45) is 16.8 Å². The van der Waals surface area contributed by atoms with E-state index in [0.717, 1.165) is 17.9 Å². The maximum absolute atomic E-state index is 12.2. The molecule has 1 aromatic carbocycles. The van der Waals surface area contributed by atoms with Crippen LogP contribution in [0.25, 0.3) is 0 Å². The summed E-state index contributed by atoms with van der Waals surface area (Å²) >= 11 is 12.7. The van der Waals surface area contributed by atoms with Crippen LogP contribution in [0.4, 0.5) is 10.5 Å². The van der Waals surface area contributed by atoms with E-state index in [9.17, 15) is 9.59 Å². The molecule has 156 valence electrons. The van der Waals surface area contributed by atoms with E-state index in [1.54, 1.807) is 6.07 Å². The van der Waals surface area contributed by atoms with E-state index in [4.69, 9.17) is 33.7 Å². The Hall–Kier alpha value is -3.04. The van der Waals surface area contributed by atoms with Crippen molar-refractivity contribution in [2.45, 2.75) is 25.7 Å². The van der Waals surface area contributed by atoms with Crippen LogP contribution in [0.3, 0.4) is 0 Å². The van der Waals surface area contributed by atoms with Crippen molar-refractivity contribution in [3.05, 3.63) is 56.4 Å². The number of amides is 2. The van der Waals surface area contributed by atoms with Crippen molar-refractivity contribution in [1.29, 1.82) is 0 Å². The van der Waals surface area contributed by atoms with E-state index in [-0.39, 0.29) is 50.4 Å². The Morgan fingerprint density at radius 2 is 1.90 bits per heavy atom. The topological polar surface area (TPSA) is 126 Å². The largest absolute Gasteiger partial charge is 0.434 e. The molecule has 0 atom stereocenters. The van der Waals surface area contributed by atoms with Gasteiger partial charge >= 0.3 is 6.03 Å². The van der Waals surface area contributed by atoms with Crippen LogP contribution >= 0.6 is 23.2 Å². The van der Waals surface area contributed by atoms with Crippen molar-refractivity contribution < 1.29 is 9.53 Å². The first-order valence-corrected chi connectivity index (χ1v) is 9.89. The van der Waals surface area contributed by atoms with Crippen molar-refractivity contribution in [2.75, 3.05) is 5.01 Å². The molecule has 0 saturated heterocycles. The van der Waals surface area contributed by atoms with Crippen LogP contribution in [0, 0.1) is 5.92 Å². The van der Waals surface area contributed by atoms with Crippen LogP contribution in [-0.2, 0) is 0 Å². The molecular weight excluding hydrogens is 431 g/mol. The van der Waals surface area contributed by atoms with Crippen molar-refractivity contribution in [1.82, 2.24) is 15.5 Å². The van der Waals surface area contributed by atoms with Gasteiger partial charge in [-0.1, -0.05) is 36.7 Å². The van der Waals surface area contributed by atoms with Crippen molar-refractivity contribution in [3.8, 4) is 11.6 Å². The molecule has 4 N–H and O–H groups in total. The van der Waals surface area contributed by atoms with Crippen LogP contribution < -0.4 is 26.4 Å². The van der Waals surface area contributed by atoms with Gasteiger partial charge in [0.2, 0.25) is 5.88 Å². The zero-order valence-electron chi connectivity index (χ0n) is 15.9. The molecule has 11 heteroatoms. The Kier molecular flexibility index (Phi) is 5.17. The molecule has 4 rings (SSSR count). The Labute approximate surface area is 181 Å². The number of aromatic nitrogens is 2. The first-order valence-electron chi connectivity index (χ1n) is 9.14. The molecule has 2 aliphatic rings. The normalized spacial score (nSPS) is 21.0. The SMILES string of the molecule is C=C1NC(=O)N(c2cc(Cl)c(Oc3cc(C4CC(C)C4)c(=O)[nH]n3)c(Cl)c2)N=C1N. The molecule has 9 nitrogen and oxygen atoms in total. The number of hydrazone groups is 1. The highest BCUT2D eigenvalue weighted by Crippen LogP contribution is 2.42. The summed E-state index contributed by atoms with van der Waals surface area (Å²) in [5.74, 6) is 1.11. The molecule has 0 bridgehead atoms. The number of aromatic amines is 1. The second-order valence-corrected chi connectivity index (χ2v) is 8.12. The number of benzene rings is 1. The van der Waals surface area contributed by atoms with Gasteiger partial charge in [0.15, 0.2) is 11.6 Å². The average molecular weight is 449 g/mol. The molecule has 2 heterocycles. The van der Waals surface area contributed by atoms with Crippen molar-refractivity contribution >= 4 is 40.8 Å². The van der Waals surface area contributed by atoms with Gasteiger partial charge in [-0.15, -0.1) is 10.2 Å². The number of carbonyl (C=O) groups is 1. The molecular formula is C19H18Cl2N6O3. The fourth-order valence-electron chi connectivity index (χ4n) is 3.42. The number of nitrogens with one attached hydrogen (secondary N) is 2. The minimum Gasteiger partial charge on any atom is -0.434 e. The third-order valence-corrected chi connectivity index (χ3v) is 5.59. The van der Waals surface area contributed by atoms with Gasteiger partial charge in [-0.2, -0.15) is 5.01 Å². The van der Waals surface area contributed by atoms with Crippen LogP contribution in [0.2, 0.25) is 10.0 Å². The summed E-state index contributed by atoms with van der Waals surface area (Å²) in [6, 6.07) is 3.95. The maximum Gasteiger partial charge on any atom is 0.347 e. The zero-order chi connectivity index (χ0) is 21.6. The number of carbonyl (C=O) groups excluding carboxylic acids is 1. The second-order valence-electron chi connectivity index (χ2n) is 7.31. The van der Waals surface area contributed by atoms with Gasteiger partial charge in [0, 0.05) is 11.6 Å². The molecule has 0 radical (unpaired) electrons. The number of halogens is 2. The minimum atomic E-state index is -0.559. The number of hydrogen-bond acceptors (Lipinski definition) is 6. The minimum absolute atomic E-state index is 0.0532. The summed E-state index contributed by atoms with van der Waals surface area (Å²) in [5, 5.41) is 14.1. The molecule has 2 amide bonds. The molecule has 0 spiro atoms. The first kappa shape index (κ1) is 20.2. The van der Waals surface area contributed by atoms with Crippen LogP contribution in [0.1, 0.15) is 31.2 Å². The van der Waals surface area contributed by atoms with E-state index in [1.165, 1.54) is 12.1 Å². The van der Waals surface area contributed by atoms with E-state index in [2.05, 4.69) is 34.1 Å². The number of ether oxygens (including phenoxy) is 1. The Morgan fingerprint density at radius 1 is 1.23 bits per heavy atom. The fourth-order valence-corrected chi connectivity index (χ4v) is 3.97. The Morgan fingerprint density at radius 3 is 2.53 bits per heavy atom. The smallest absolute Gasteiger partial charge is 0.347 e.